The lowest BCUT2D eigenvalue weighted by Gasteiger charge is -2.03. The normalized spacial score (nSPS) is 10.5. The summed E-state index contributed by atoms with van der Waals surface area (Å²) in [6.45, 7) is 0. The molecule has 1 aromatic carbocycles. The van der Waals surface area contributed by atoms with Crippen LogP contribution >= 0.6 is 11.3 Å². The summed E-state index contributed by atoms with van der Waals surface area (Å²) in [5.74, 6) is -0.00486. The number of benzene rings is 1. The second-order valence-corrected chi connectivity index (χ2v) is 5.07. The zero-order chi connectivity index (χ0) is 13.1. The monoisotopic (exact) mass is 268 g/mol. The Hall–Kier alpha value is -2.20. The molecule has 19 heavy (non-hydrogen) atoms. The van der Waals surface area contributed by atoms with E-state index in [2.05, 4.69) is 10.3 Å². The highest BCUT2D eigenvalue weighted by Gasteiger charge is 2.08. The number of hydrogen-bond acceptors (Lipinski definition) is 3. The fraction of sp³-hybridized carbons (Fsp3) is 0.0667. The fourth-order valence-corrected chi connectivity index (χ4v) is 2.78. The number of carbonyl (C=O) groups excluding carboxylic acids is 1. The minimum atomic E-state index is -0.00486. The van der Waals surface area contributed by atoms with Gasteiger partial charge < -0.3 is 5.32 Å². The predicted octanol–water partition coefficient (Wildman–Crippen LogP) is 3.48. The van der Waals surface area contributed by atoms with Crippen LogP contribution in [-0.4, -0.2) is 10.9 Å². The van der Waals surface area contributed by atoms with Crippen LogP contribution in [0.2, 0.25) is 0 Å². The first kappa shape index (κ1) is 11.9. The van der Waals surface area contributed by atoms with E-state index in [1.165, 1.54) is 11.3 Å². The van der Waals surface area contributed by atoms with E-state index in [0.29, 0.717) is 6.42 Å². The highest BCUT2D eigenvalue weighted by atomic mass is 32.1. The van der Waals surface area contributed by atoms with Crippen molar-refractivity contribution in [3.8, 4) is 0 Å². The molecule has 3 nitrogen and oxygen atoms in total. The third-order valence-electron chi connectivity index (χ3n) is 2.83. The summed E-state index contributed by atoms with van der Waals surface area (Å²) in [4.78, 5) is 17.2. The highest BCUT2D eigenvalue weighted by molar-refractivity contribution is 7.17. The van der Waals surface area contributed by atoms with E-state index >= 15 is 0 Å². The Balaban J connectivity index is 1.76. The number of aromatic nitrogens is 1. The first-order valence-corrected chi connectivity index (χ1v) is 6.87. The van der Waals surface area contributed by atoms with Gasteiger partial charge in [-0.1, -0.05) is 30.3 Å². The molecule has 0 aliphatic rings. The summed E-state index contributed by atoms with van der Waals surface area (Å²) in [7, 11) is 0. The van der Waals surface area contributed by atoms with E-state index in [1.807, 2.05) is 47.8 Å². The van der Waals surface area contributed by atoms with Gasteiger partial charge in [-0.05, 0) is 17.7 Å². The number of thiophene rings is 1. The molecule has 0 spiro atoms. The minimum absolute atomic E-state index is 0.00486. The lowest BCUT2D eigenvalue weighted by Crippen LogP contribution is -2.13. The summed E-state index contributed by atoms with van der Waals surface area (Å²) >= 11 is 1.54. The van der Waals surface area contributed by atoms with Crippen molar-refractivity contribution < 1.29 is 4.79 Å². The number of anilines is 1. The number of amides is 1. The van der Waals surface area contributed by atoms with E-state index in [4.69, 9.17) is 0 Å². The average molecular weight is 268 g/mol. The summed E-state index contributed by atoms with van der Waals surface area (Å²) in [6.07, 6.45) is 2.15. The Bertz CT molecular complexity index is 706. The number of rotatable bonds is 3. The van der Waals surface area contributed by atoms with Crippen LogP contribution < -0.4 is 5.32 Å². The van der Waals surface area contributed by atoms with Crippen LogP contribution in [0.25, 0.3) is 10.2 Å². The first-order valence-electron chi connectivity index (χ1n) is 5.99. The van der Waals surface area contributed by atoms with Gasteiger partial charge in [0.1, 0.15) is 4.83 Å². The number of nitrogens with zero attached hydrogens (tertiary/aromatic N) is 1. The molecule has 0 aliphatic heterocycles. The molecule has 1 amide bonds. The maximum absolute atomic E-state index is 12.0. The molecule has 94 valence electrons. The van der Waals surface area contributed by atoms with E-state index < -0.39 is 0 Å². The average Bonchev–Trinajstić information content (AvgIpc) is 2.83. The van der Waals surface area contributed by atoms with Crippen molar-refractivity contribution in [2.24, 2.45) is 0 Å². The molecule has 0 unspecified atom stereocenters. The SMILES string of the molecule is O=C(Cc1ccccc1)Nc1csc2ncccc12. The Morgan fingerprint density at radius 1 is 1.16 bits per heavy atom. The molecule has 0 atom stereocenters. The summed E-state index contributed by atoms with van der Waals surface area (Å²) in [6, 6.07) is 13.6. The van der Waals surface area contributed by atoms with Crippen LogP contribution in [0.1, 0.15) is 5.56 Å². The van der Waals surface area contributed by atoms with Crippen LogP contribution in [-0.2, 0) is 11.2 Å². The summed E-state index contributed by atoms with van der Waals surface area (Å²) in [5.41, 5.74) is 1.85. The number of nitrogens with one attached hydrogen (secondary N) is 1. The van der Waals surface area contributed by atoms with Gasteiger partial charge in [0.15, 0.2) is 0 Å². The molecular formula is C15H12N2OS. The van der Waals surface area contributed by atoms with Gasteiger partial charge in [-0.25, -0.2) is 4.98 Å². The van der Waals surface area contributed by atoms with Crippen LogP contribution in [0.15, 0.2) is 54.0 Å². The molecule has 0 radical (unpaired) electrons. The maximum Gasteiger partial charge on any atom is 0.228 e. The summed E-state index contributed by atoms with van der Waals surface area (Å²) in [5, 5.41) is 5.87. The van der Waals surface area contributed by atoms with E-state index in [9.17, 15) is 4.79 Å². The molecule has 1 N–H and O–H groups in total. The number of hydrogen-bond donors (Lipinski definition) is 1. The Morgan fingerprint density at radius 2 is 2.00 bits per heavy atom. The smallest absolute Gasteiger partial charge is 0.228 e. The number of fused-ring (bicyclic) bond motifs is 1. The molecule has 0 fully saturated rings. The highest BCUT2D eigenvalue weighted by Crippen LogP contribution is 2.28. The van der Waals surface area contributed by atoms with Crippen molar-refractivity contribution in [2.45, 2.75) is 6.42 Å². The lowest BCUT2D eigenvalue weighted by molar-refractivity contribution is -0.115. The second kappa shape index (κ2) is 5.20. The third kappa shape index (κ3) is 2.63. The molecule has 3 rings (SSSR count). The summed E-state index contributed by atoms with van der Waals surface area (Å²) < 4.78 is 0. The Morgan fingerprint density at radius 3 is 2.84 bits per heavy atom. The van der Waals surface area contributed by atoms with Gasteiger partial charge in [-0.15, -0.1) is 11.3 Å². The van der Waals surface area contributed by atoms with Gasteiger partial charge in [0.2, 0.25) is 5.91 Å². The fourth-order valence-electron chi connectivity index (χ4n) is 1.94. The standard InChI is InChI=1S/C15H12N2OS/c18-14(9-11-5-2-1-3-6-11)17-13-10-19-15-12(13)7-4-8-16-15/h1-8,10H,9H2,(H,17,18). The zero-order valence-electron chi connectivity index (χ0n) is 10.2. The molecule has 2 heterocycles. The topological polar surface area (TPSA) is 42.0 Å². The lowest BCUT2D eigenvalue weighted by atomic mass is 10.1. The van der Waals surface area contributed by atoms with Crippen molar-refractivity contribution >= 4 is 33.1 Å². The Kier molecular flexibility index (Phi) is 3.25. The predicted molar refractivity (Wildman–Crippen MR) is 78.4 cm³/mol. The number of pyridine rings is 1. The van der Waals surface area contributed by atoms with Crippen molar-refractivity contribution in [3.05, 3.63) is 59.6 Å². The van der Waals surface area contributed by atoms with Crippen molar-refractivity contribution in [1.29, 1.82) is 0 Å². The van der Waals surface area contributed by atoms with Gasteiger partial charge in [0.05, 0.1) is 12.1 Å². The van der Waals surface area contributed by atoms with Gasteiger partial charge in [-0.3, -0.25) is 4.79 Å². The van der Waals surface area contributed by atoms with Gasteiger partial charge in [0, 0.05) is 17.0 Å². The largest absolute Gasteiger partial charge is 0.324 e. The van der Waals surface area contributed by atoms with Gasteiger partial charge in [-0.2, -0.15) is 0 Å². The van der Waals surface area contributed by atoms with Crippen molar-refractivity contribution in [1.82, 2.24) is 4.98 Å². The molecule has 3 aromatic rings. The molecular weight excluding hydrogens is 256 g/mol. The van der Waals surface area contributed by atoms with Crippen LogP contribution in [0.4, 0.5) is 5.69 Å². The molecule has 0 saturated carbocycles. The maximum atomic E-state index is 12.0. The van der Waals surface area contributed by atoms with E-state index in [0.717, 1.165) is 21.5 Å². The third-order valence-corrected chi connectivity index (χ3v) is 3.73. The van der Waals surface area contributed by atoms with Gasteiger partial charge in [0.25, 0.3) is 0 Å². The van der Waals surface area contributed by atoms with Crippen LogP contribution in [0.5, 0.6) is 0 Å². The quantitative estimate of drug-likeness (QED) is 0.790. The van der Waals surface area contributed by atoms with Gasteiger partial charge >= 0.3 is 0 Å². The zero-order valence-corrected chi connectivity index (χ0v) is 11.0. The molecule has 0 aliphatic carbocycles. The van der Waals surface area contributed by atoms with Crippen LogP contribution in [0.3, 0.4) is 0 Å². The minimum Gasteiger partial charge on any atom is -0.324 e. The molecule has 4 heteroatoms. The van der Waals surface area contributed by atoms with Crippen LogP contribution in [0, 0.1) is 0 Å². The molecule has 2 aromatic heterocycles. The number of carbonyl (C=O) groups is 1. The Labute approximate surface area is 114 Å². The molecule has 0 bridgehead atoms. The van der Waals surface area contributed by atoms with Crippen molar-refractivity contribution in [3.63, 3.8) is 0 Å². The van der Waals surface area contributed by atoms with Crippen molar-refractivity contribution in [2.75, 3.05) is 5.32 Å². The second-order valence-electron chi connectivity index (χ2n) is 4.22. The first-order chi connectivity index (χ1) is 9.33. The van der Waals surface area contributed by atoms with E-state index in [1.54, 1.807) is 6.20 Å². The van der Waals surface area contributed by atoms with E-state index in [-0.39, 0.29) is 5.91 Å². The molecule has 0 saturated heterocycles.